The maximum Gasteiger partial charge on any atom is 0.417 e. The summed E-state index contributed by atoms with van der Waals surface area (Å²) in [5.74, 6) is -9.01. The zero-order valence-corrected chi connectivity index (χ0v) is 62.9. The van der Waals surface area contributed by atoms with Gasteiger partial charge in [-0.1, -0.05) is 84.4 Å². The van der Waals surface area contributed by atoms with Crippen LogP contribution in [0.2, 0.25) is 5.02 Å². The van der Waals surface area contributed by atoms with E-state index in [2.05, 4.69) is 16.0 Å². The predicted molar refractivity (Wildman–Crippen MR) is 375 cm³/mol. The number of halogens is 4. The Morgan fingerprint density at radius 2 is 1.36 bits per heavy atom. The van der Waals surface area contributed by atoms with Crippen molar-refractivity contribution in [2.24, 2.45) is 17.8 Å². The summed E-state index contributed by atoms with van der Waals surface area (Å²) in [5, 5.41) is 8.19. The number of nitrogens with zero attached hydrogens (tertiary/aromatic N) is 9. The summed E-state index contributed by atoms with van der Waals surface area (Å²) >= 11 is 6.16. The number of amides is 12. The van der Waals surface area contributed by atoms with Crippen LogP contribution >= 0.6 is 11.6 Å². The highest BCUT2D eigenvalue weighted by Gasteiger charge is 2.53. The number of morpholine rings is 1. The van der Waals surface area contributed by atoms with Crippen LogP contribution in [-0.4, -0.2) is 275 Å². The quantitative estimate of drug-likeness (QED) is 0.211. The summed E-state index contributed by atoms with van der Waals surface area (Å²) in [6.07, 6.45) is 1.12. The maximum absolute atomic E-state index is 15.9. The number of hydrogen-bond donors (Lipinski definition) is 3. The molecule has 1 spiro atoms. The minimum Gasteiger partial charge on any atom is -0.379 e. The Balaban J connectivity index is 1.19. The van der Waals surface area contributed by atoms with Gasteiger partial charge in [0.05, 0.1) is 55.5 Å². The van der Waals surface area contributed by atoms with E-state index in [9.17, 15) is 37.1 Å². The van der Waals surface area contributed by atoms with Gasteiger partial charge >= 0.3 is 6.18 Å². The molecule has 2 bridgehead atoms. The second-order valence-electron chi connectivity index (χ2n) is 30.1. The molecule has 574 valence electrons. The average Bonchev–Trinajstić information content (AvgIpc) is 1.74. The SMILES string of the molecule is CCCOC[C@H]1C(=O)N(C)CC(=O)N[C@@H](CCc2ccc(C(F)(F)F)c(Cl)c2)C(=O)N2CCC[C@H]2C(=O)NC2(CCCC2)C(=O)N(C)[C@@H](C2CCCC2)C(=O)N(C)[C@H](C(=O)N2C3CCC2COC3)CC(=O)N(CC)[C@@H](CC(C)C)C(=O)N[C@@H]([C@@H](C)CC)C(=O)N(C)[C@@H](C)C(=O)N2CC[C@H]2C(=O)N1C. The Labute approximate surface area is 608 Å². The van der Waals surface area contributed by atoms with E-state index >= 15 is 33.6 Å². The fourth-order valence-electron chi connectivity index (χ4n) is 16.2. The van der Waals surface area contributed by atoms with E-state index in [0.717, 1.165) is 34.8 Å². The van der Waals surface area contributed by atoms with Gasteiger partial charge in [-0.05, 0) is 133 Å². The van der Waals surface area contributed by atoms with Crippen molar-refractivity contribution >= 4 is 82.5 Å². The molecular formula is C73H110ClF3N12O14. The third-order valence-corrected chi connectivity index (χ3v) is 23.0. The number of carbonyl (C=O) groups is 12. The van der Waals surface area contributed by atoms with E-state index in [1.54, 1.807) is 18.7 Å². The number of benzene rings is 1. The molecule has 5 heterocycles. The molecule has 2 aliphatic carbocycles. The summed E-state index contributed by atoms with van der Waals surface area (Å²) in [5.41, 5.74) is -2.39. The third kappa shape index (κ3) is 18.4. The van der Waals surface area contributed by atoms with Crippen LogP contribution in [0.4, 0.5) is 13.2 Å². The lowest BCUT2D eigenvalue weighted by Crippen LogP contribution is -2.65. The molecule has 12 amide bonds. The van der Waals surface area contributed by atoms with E-state index in [0.29, 0.717) is 57.8 Å². The first-order chi connectivity index (χ1) is 48.7. The van der Waals surface area contributed by atoms with Gasteiger partial charge in [0.1, 0.15) is 59.9 Å². The molecule has 7 fully saturated rings. The summed E-state index contributed by atoms with van der Waals surface area (Å²) < 4.78 is 53.4. The summed E-state index contributed by atoms with van der Waals surface area (Å²) in [7, 11) is 7.07. The van der Waals surface area contributed by atoms with Crippen molar-refractivity contribution in [2.45, 2.75) is 249 Å². The van der Waals surface area contributed by atoms with Crippen LogP contribution in [0.15, 0.2) is 18.2 Å². The van der Waals surface area contributed by atoms with Crippen molar-refractivity contribution in [3.63, 3.8) is 0 Å². The number of fused-ring (bicyclic) bond motifs is 4. The molecule has 0 aromatic heterocycles. The number of hydrogen-bond acceptors (Lipinski definition) is 14. The molecule has 2 unspecified atom stereocenters. The number of nitrogens with one attached hydrogen (secondary N) is 3. The highest BCUT2D eigenvalue weighted by Crippen LogP contribution is 2.39. The Hall–Kier alpha value is -7.14. The van der Waals surface area contributed by atoms with Crippen LogP contribution in [0, 0.1) is 17.8 Å². The van der Waals surface area contributed by atoms with Gasteiger partial charge < -0.3 is 69.5 Å². The molecule has 12 atom stereocenters. The fraction of sp³-hybridized carbons (Fsp3) is 0.753. The highest BCUT2D eigenvalue weighted by atomic mass is 35.5. The van der Waals surface area contributed by atoms with Crippen molar-refractivity contribution in [1.29, 1.82) is 0 Å². The van der Waals surface area contributed by atoms with E-state index in [1.807, 2.05) is 27.7 Å². The van der Waals surface area contributed by atoms with E-state index in [1.165, 1.54) is 77.6 Å². The molecule has 7 aliphatic rings. The molecule has 1 aromatic rings. The molecule has 0 radical (unpaired) electrons. The number of alkyl halides is 3. The standard InChI is InChI=1S/C73H110ClF3N12O14/c1-13-35-102-42-57-66(96)81(8)39-58(90)78-52(29-25-46-24-28-50(51(74)37-46)73(75,76)77)65(95)87-33-20-23-53(87)63(93)80-72(31-18-19-32-72)71(101)85(12)61(47-21-16-17-22-47)70(100)83(10)56(68(98)89-48-26-27-49(89)41-103-40-48)38-59(91)86(15-3)55(36-43(4)5)62(92)79-60(44(6)14-2)69(99)82(9)45(7)64(94)88-34-30-54(88)67(97)84(57)11/h24,28,37,43-45,47-49,52-57,60-61H,13-23,25-27,29-36,38-42H2,1-12H3,(H,78,90)(H,79,92)(H,80,93)/t44-,45-,48?,49?,52-,53-,54-,55-,56-,57-,60-,61-/m0/s1. The van der Waals surface area contributed by atoms with Gasteiger partial charge in [0.25, 0.3) is 0 Å². The minimum absolute atomic E-state index is 0.0193. The smallest absolute Gasteiger partial charge is 0.379 e. The lowest BCUT2D eigenvalue weighted by molar-refractivity contribution is -0.161. The Morgan fingerprint density at radius 1 is 0.709 bits per heavy atom. The summed E-state index contributed by atoms with van der Waals surface area (Å²) in [4.78, 5) is 194. The van der Waals surface area contributed by atoms with Crippen molar-refractivity contribution < 1.29 is 80.2 Å². The Bertz CT molecular complexity index is 3260. The van der Waals surface area contributed by atoms with Gasteiger partial charge in [0.2, 0.25) is 70.9 Å². The minimum atomic E-state index is -4.77. The molecule has 2 saturated carbocycles. The Kier molecular flexibility index (Phi) is 27.9. The van der Waals surface area contributed by atoms with E-state index in [-0.39, 0.29) is 115 Å². The van der Waals surface area contributed by atoms with Gasteiger partial charge in [0.15, 0.2) is 0 Å². The zero-order chi connectivity index (χ0) is 75.7. The topological polar surface area (TPSA) is 289 Å². The van der Waals surface area contributed by atoms with Gasteiger partial charge in [-0.15, -0.1) is 0 Å². The van der Waals surface area contributed by atoms with Crippen LogP contribution in [0.5, 0.6) is 0 Å². The number of ether oxygens (including phenoxy) is 2. The first-order valence-corrected chi connectivity index (χ1v) is 37.6. The molecular weight excluding hydrogens is 1360 g/mol. The first-order valence-electron chi connectivity index (χ1n) is 37.2. The molecule has 103 heavy (non-hydrogen) atoms. The average molecular weight is 1470 g/mol. The second-order valence-corrected chi connectivity index (χ2v) is 30.5. The van der Waals surface area contributed by atoms with Crippen molar-refractivity contribution in [3.05, 3.63) is 34.3 Å². The number of likely N-dealkylation sites (N-methyl/N-ethyl adjacent to an activating group) is 6. The molecule has 1 aromatic carbocycles. The van der Waals surface area contributed by atoms with Crippen LogP contribution < -0.4 is 16.0 Å². The fourth-order valence-corrected chi connectivity index (χ4v) is 16.5. The van der Waals surface area contributed by atoms with Gasteiger partial charge in [-0.3, -0.25) is 57.5 Å². The van der Waals surface area contributed by atoms with E-state index in [4.69, 9.17) is 21.1 Å². The first kappa shape index (κ1) is 81.5. The molecule has 30 heteroatoms. The molecule has 8 rings (SSSR count). The second kappa shape index (κ2) is 35.3. The maximum atomic E-state index is 15.9. The number of rotatable bonds is 14. The molecule has 5 saturated heterocycles. The van der Waals surface area contributed by atoms with Gasteiger partial charge in [0, 0.05) is 61.5 Å². The molecule has 26 nitrogen and oxygen atoms in total. The zero-order valence-electron chi connectivity index (χ0n) is 62.2. The number of aryl methyl sites for hydroxylation is 1. The largest absolute Gasteiger partial charge is 0.417 e. The Morgan fingerprint density at radius 3 is 1.94 bits per heavy atom. The summed E-state index contributed by atoms with van der Waals surface area (Å²) in [6, 6.07) is -8.95. The van der Waals surface area contributed by atoms with Crippen molar-refractivity contribution in [3.8, 4) is 0 Å². The van der Waals surface area contributed by atoms with Crippen molar-refractivity contribution in [1.82, 2.24) is 60.0 Å². The third-order valence-electron chi connectivity index (χ3n) is 22.7. The van der Waals surface area contributed by atoms with Crippen LogP contribution in [0.1, 0.15) is 175 Å². The number of carbonyl (C=O) groups excluding carboxylic acids is 12. The lowest BCUT2D eigenvalue weighted by Gasteiger charge is -2.45. The normalized spacial score (nSPS) is 29.0. The van der Waals surface area contributed by atoms with Crippen LogP contribution in [0.3, 0.4) is 0 Å². The highest BCUT2D eigenvalue weighted by molar-refractivity contribution is 6.31. The van der Waals surface area contributed by atoms with Gasteiger partial charge in [-0.25, -0.2) is 0 Å². The van der Waals surface area contributed by atoms with Crippen LogP contribution in [0.25, 0.3) is 0 Å². The van der Waals surface area contributed by atoms with Crippen molar-refractivity contribution in [2.75, 3.05) is 87.8 Å². The van der Waals surface area contributed by atoms with Crippen LogP contribution in [-0.2, 0) is 79.6 Å². The molecule has 5 aliphatic heterocycles. The summed E-state index contributed by atoms with van der Waals surface area (Å²) in [6.45, 7) is 12.2. The van der Waals surface area contributed by atoms with Gasteiger partial charge in [-0.2, -0.15) is 13.2 Å². The predicted octanol–water partition coefficient (Wildman–Crippen LogP) is 4.79. The lowest BCUT2D eigenvalue weighted by atomic mass is 9.90. The molecule has 3 N–H and O–H groups in total. The van der Waals surface area contributed by atoms with E-state index < -0.39 is 172 Å². The monoisotopic (exact) mass is 1470 g/mol.